The molecule has 0 bridgehead atoms. The van der Waals surface area contributed by atoms with Crippen molar-refractivity contribution in [2.75, 3.05) is 0 Å². The minimum absolute atomic E-state index is 0.217. The van der Waals surface area contributed by atoms with E-state index in [1.807, 2.05) is 6.92 Å². The molecular weight excluding hydrogens is 262 g/mol. The average Bonchev–Trinajstić information content (AvgIpc) is 2.43. The van der Waals surface area contributed by atoms with Gasteiger partial charge in [0.2, 0.25) is 0 Å². The number of nitrogens with zero attached hydrogens (tertiary/aromatic N) is 2. The normalized spacial score (nSPS) is 13.8. The summed E-state index contributed by atoms with van der Waals surface area (Å²) in [4.78, 5) is 20.4. The fourth-order valence-corrected chi connectivity index (χ4v) is 1.81. The Bertz CT molecular complexity index is 504. The van der Waals surface area contributed by atoms with Gasteiger partial charge in [-0.3, -0.25) is 20.2 Å². The molecule has 0 aliphatic heterocycles. The van der Waals surface area contributed by atoms with Crippen LogP contribution in [0.3, 0.4) is 0 Å². The maximum atomic E-state index is 11.0. The number of nitrogens with one attached hydrogen (secondary N) is 1. The van der Waals surface area contributed by atoms with Crippen LogP contribution in [0.4, 0.5) is 11.4 Å². The third-order valence-electron chi connectivity index (χ3n) is 3.59. The van der Waals surface area contributed by atoms with Gasteiger partial charge >= 0.3 is 0 Å². The van der Waals surface area contributed by atoms with Crippen molar-refractivity contribution in [3.05, 3.63) is 44.0 Å². The molecule has 1 aromatic carbocycles. The highest BCUT2D eigenvalue weighted by molar-refractivity contribution is 5.49. The van der Waals surface area contributed by atoms with Crippen molar-refractivity contribution in [1.82, 2.24) is 5.32 Å². The lowest BCUT2D eigenvalue weighted by atomic mass is 10.0. The Morgan fingerprint density at radius 1 is 1.20 bits per heavy atom. The third kappa shape index (κ3) is 3.99. The molecule has 20 heavy (non-hydrogen) atoms. The zero-order valence-electron chi connectivity index (χ0n) is 11.8. The molecule has 2 atom stereocenters. The molecule has 7 nitrogen and oxygen atoms in total. The molecule has 7 heteroatoms. The van der Waals surface area contributed by atoms with Crippen LogP contribution in [0.15, 0.2) is 18.2 Å². The predicted molar refractivity (Wildman–Crippen MR) is 75.5 cm³/mol. The first-order chi connectivity index (χ1) is 9.36. The van der Waals surface area contributed by atoms with Crippen LogP contribution in [0.1, 0.15) is 32.8 Å². The Morgan fingerprint density at radius 2 is 1.85 bits per heavy atom. The molecule has 0 aliphatic rings. The number of rotatable bonds is 7. The second-order valence-electron chi connectivity index (χ2n) is 4.88. The first kappa shape index (κ1) is 16.0. The molecule has 0 heterocycles. The van der Waals surface area contributed by atoms with Crippen LogP contribution in [0, 0.1) is 26.1 Å². The molecule has 1 rings (SSSR count). The predicted octanol–water partition coefficient (Wildman–Crippen LogP) is 3.03. The van der Waals surface area contributed by atoms with Crippen LogP contribution in [-0.4, -0.2) is 15.9 Å². The zero-order valence-corrected chi connectivity index (χ0v) is 11.8. The quantitative estimate of drug-likeness (QED) is 0.611. The molecule has 110 valence electrons. The Hall–Kier alpha value is -2.02. The van der Waals surface area contributed by atoms with Crippen molar-refractivity contribution in [2.45, 2.75) is 39.8 Å². The van der Waals surface area contributed by atoms with Gasteiger partial charge in [-0.1, -0.05) is 20.3 Å². The Labute approximate surface area is 117 Å². The van der Waals surface area contributed by atoms with Gasteiger partial charge in [-0.25, -0.2) is 0 Å². The smallest absolute Gasteiger partial charge is 0.280 e. The van der Waals surface area contributed by atoms with E-state index in [1.54, 1.807) is 0 Å². The van der Waals surface area contributed by atoms with E-state index in [4.69, 9.17) is 0 Å². The van der Waals surface area contributed by atoms with Gasteiger partial charge in [0.1, 0.15) is 0 Å². The van der Waals surface area contributed by atoms with Gasteiger partial charge in [0.25, 0.3) is 11.4 Å². The molecule has 1 N–H and O–H groups in total. The van der Waals surface area contributed by atoms with Crippen molar-refractivity contribution in [3.63, 3.8) is 0 Å². The molecular formula is C13H19N3O4. The molecule has 0 aromatic heterocycles. The summed E-state index contributed by atoms with van der Waals surface area (Å²) < 4.78 is 0. The number of hydrogen-bond donors (Lipinski definition) is 1. The van der Waals surface area contributed by atoms with Crippen molar-refractivity contribution >= 4 is 11.4 Å². The standard InChI is InChI=1S/C13H19N3O4/c1-4-9(2)10(3)14-8-11-5-6-12(15(17)18)7-13(11)16(19)20/h5-7,9-10,14H,4,8H2,1-3H3. The maximum absolute atomic E-state index is 11.0. The number of non-ortho nitro benzene ring substituents is 1. The molecule has 0 fully saturated rings. The highest BCUT2D eigenvalue weighted by atomic mass is 16.6. The Kier molecular flexibility index (Phi) is 5.57. The van der Waals surface area contributed by atoms with E-state index >= 15 is 0 Å². The average molecular weight is 281 g/mol. The van der Waals surface area contributed by atoms with E-state index in [2.05, 4.69) is 19.2 Å². The third-order valence-corrected chi connectivity index (χ3v) is 3.59. The molecule has 0 amide bonds. The summed E-state index contributed by atoms with van der Waals surface area (Å²) in [7, 11) is 0. The van der Waals surface area contributed by atoms with Gasteiger partial charge in [0.15, 0.2) is 0 Å². The minimum Gasteiger partial charge on any atom is -0.310 e. The zero-order chi connectivity index (χ0) is 15.3. The molecule has 0 saturated heterocycles. The topological polar surface area (TPSA) is 98.3 Å². The lowest BCUT2D eigenvalue weighted by Gasteiger charge is -2.19. The summed E-state index contributed by atoms with van der Waals surface area (Å²) >= 11 is 0. The van der Waals surface area contributed by atoms with Gasteiger partial charge in [-0.2, -0.15) is 0 Å². The van der Waals surface area contributed by atoms with Crippen molar-refractivity contribution in [3.8, 4) is 0 Å². The number of nitro groups is 2. The number of benzene rings is 1. The monoisotopic (exact) mass is 281 g/mol. The second-order valence-corrected chi connectivity index (χ2v) is 4.88. The highest BCUT2D eigenvalue weighted by Crippen LogP contribution is 2.24. The van der Waals surface area contributed by atoms with Gasteiger partial charge in [-0.05, 0) is 18.9 Å². The number of hydrogen-bond acceptors (Lipinski definition) is 5. The van der Waals surface area contributed by atoms with E-state index in [0.717, 1.165) is 12.5 Å². The van der Waals surface area contributed by atoms with Crippen LogP contribution in [0.25, 0.3) is 0 Å². The fourth-order valence-electron chi connectivity index (χ4n) is 1.81. The molecule has 0 radical (unpaired) electrons. The minimum atomic E-state index is -0.633. The Morgan fingerprint density at radius 3 is 2.35 bits per heavy atom. The fraction of sp³-hybridized carbons (Fsp3) is 0.538. The largest absolute Gasteiger partial charge is 0.310 e. The van der Waals surface area contributed by atoms with Crippen LogP contribution in [-0.2, 0) is 6.54 Å². The van der Waals surface area contributed by atoms with E-state index < -0.39 is 9.85 Å². The highest BCUT2D eigenvalue weighted by Gasteiger charge is 2.20. The van der Waals surface area contributed by atoms with Crippen LogP contribution in [0.5, 0.6) is 0 Å². The van der Waals surface area contributed by atoms with Crippen LogP contribution in [0.2, 0.25) is 0 Å². The molecule has 0 aliphatic carbocycles. The lowest BCUT2D eigenvalue weighted by Crippen LogP contribution is -2.31. The van der Waals surface area contributed by atoms with Crippen molar-refractivity contribution < 1.29 is 9.85 Å². The van der Waals surface area contributed by atoms with Crippen molar-refractivity contribution in [2.24, 2.45) is 5.92 Å². The molecule has 0 saturated carbocycles. The van der Waals surface area contributed by atoms with Crippen molar-refractivity contribution in [1.29, 1.82) is 0 Å². The second kappa shape index (κ2) is 6.95. The van der Waals surface area contributed by atoms with E-state index in [-0.39, 0.29) is 17.4 Å². The summed E-state index contributed by atoms with van der Waals surface area (Å²) in [6, 6.07) is 3.95. The van der Waals surface area contributed by atoms with Crippen LogP contribution < -0.4 is 5.32 Å². The van der Waals surface area contributed by atoms with Gasteiger partial charge < -0.3 is 5.32 Å². The summed E-state index contributed by atoms with van der Waals surface area (Å²) in [6.07, 6.45) is 1.01. The van der Waals surface area contributed by atoms with Crippen LogP contribution >= 0.6 is 0 Å². The maximum Gasteiger partial charge on any atom is 0.280 e. The summed E-state index contributed by atoms with van der Waals surface area (Å²) in [5.41, 5.74) is -0.0331. The van der Waals surface area contributed by atoms with E-state index in [1.165, 1.54) is 12.1 Å². The molecule has 2 unspecified atom stereocenters. The first-order valence-corrected chi connectivity index (χ1v) is 6.51. The lowest BCUT2D eigenvalue weighted by molar-refractivity contribution is -0.394. The summed E-state index contributed by atoms with van der Waals surface area (Å²) in [5.74, 6) is 0.451. The van der Waals surface area contributed by atoms with E-state index in [0.29, 0.717) is 18.0 Å². The molecule has 0 spiro atoms. The van der Waals surface area contributed by atoms with E-state index in [9.17, 15) is 20.2 Å². The van der Waals surface area contributed by atoms with Gasteiger partial charge in [0, 0.05) is 24.2 Å². The summed E-state index contributed by atoms with van der Waals surface area (Å²) in [6.45, 7) is 6.52. The number of nitro benzene ring substituents is 2. The SMILES string of the molecule is CCC(C)C(C)NCc1ccc([N+](=O)[O-])cc1[N+](=O)[O-]. The molecule has 1 aromatic rings. The van der Waals surface area contributed by atoms with Gasteiger partial charge in [-0.15, -0.1) is 0 Å². The first-order valence-electron chi connectivity index (χ1n) is 6.51. The van der Waals surface area contributed by atoms with Gasteiger partial charge in [0.05, 0.1) is 15.9 Å². The summed E-state index contributed by atoms with van der Waals surface area (Å²) in [5, 5.41) is 24.9. The Balaban J connectivity index is 2.89.